The number of H-pyrrole nitrogens is 1. The summed E-state index contributed by atoms with van der Waals surface area (Å²) in [6.45, 7) is 0. The third-order valence-corrected chi connectivity index (χ3v) is 1.14. The first-order valence-electron chi connectivity index (χ1n) is 2.68. The lowest BCUT2D eigenvalue weighted by Crippen LogP contribution is -2.00. The maximum Gasteiger partial charge on any atom is 0.359 e. The van der Waals surface area contributed by atoms with Gasteiger partial charge >= 0.3 is 11.7 Å². The molecule has 0 radical (unpaired) electrons. The van der Waals surface area contributed by atoms with Crippen molar-refractivity contribution in [1.29, 1.82) is 0 Å². The topological polar surface area (TPSA) is 131 Å². The molecule has 1 aromatic rings. The van der Waals surface area contributed by atoms with Crippen LogP contribution >= 0.6 is 0 Å². The van der Waals surface area contributed by atoms with E-state index in [4.69, 9.17) is 5.11 Å². The van der Waals surface area contributed by atoms with Crippen molar-refractivity contribution in [3.63, 3.8) is 0 Å². The van der Waals surface area contributed by atoms with Gasteiger partial charge in [0.2, 0.25) is 5.69 Å². The highest BCUT2D eigenvalue weighted by Gasteiger charge is 2.19. The summed E-state index contributed by atoms with van der Waals surface area (Å²) in [6.07, 6.45) is 1.21. The van der Waals surface area contributed by atoms with E-state index < -0.39 is 22.3 Å². The zero-order valence-corrected chi connectivity index (χ0v) is 5.98. The molecule has 0 aliphatic carbocycles. The SMILES string of the molecule is N.O=C(O)c1[nH]ccc1[N+](=O)[O-]. The largest absolute Gasteiger partial charge is 0.476 e. The predicted octanol–water partition coefficient (Wildman–Crippen LogP) is 0.783. The number of nitrogens with one attached hydrogen (secondary N) is 1. The van der Waals surface area contributed by atoms with Crippen molar-refractivity contribution in [2.24, 2.45) is 0 Å². The molecule has 7 heteroatoms. The average Bonchev–Trinajstić information content (AvgIpc) is 2.32. The van der Waals surface area contributed by atoms with Crippen LogP contribution in [0.25, 0.3) is 0 Å². The lowest BCUT2D eigenvalue weighted by atomic mass is 10.4. The normalized spacial score (nSPS) is 8.67. The van der Waals surface area contributed by atoms with Crippen LogP contribution in [0.5, 0.6) is 0 Å². The molecule has 0 spiro atoms. The number of hydrogen-bond donors (Lipinski definition) is 3. The molecule has 0 amide bonds. The van der Waals surface area contributed by atoms with E-state index in [-0.39, 0.29) is 6.15 Å². The van der Waals surface area contributed by atoms with Gasteiger partial charge in [0.25, 0.3) is 0 Å². The van der Waals surface area contributed by atoms with Crippen molar-refractivity contribution in [2.45, 2.75) is 0 Å². The van der Waals surface area contributed by atoms with Crippen LogP contribution in [0.4, 0.5) is 5.69 Å². The van der Waals surface area contributed by atoms with E-state index in [0.29, 0.717) is 0 Å². The van der Waals surface area contributed by atoms with Crippen LogP contribution in [-0.2, 0) is 0 Å². The number of carboxylic acids is 1. The van der Waals surface area contributed by atoms with Gasteiger partial charge in [-0.1, -0.05) is 0 Å². The Bertz CT molecular complexity index is 277. The number of rotatable bonds is 2. The fourth-order valence-electron chi connectivity index (χ4n) is 0.685. The summed E-state index contributed by atoms with van der Waals surface area (Å²) in [6, 6.07) is 1.10. The standard InChI is InChI=1S/C5H4N2O4.H3N/c8-5(9)4-3(7(10)11)1-2-6-4;/h1-2,6H,(H,8,9);1H3. The summed E-state index contributed by atoms with van der Waals surface area (Å²) in [5.41, 5.74) is -0.812. The van der Waals surface area contributed by atoms with Crippen molar-refractivity contribution < 1.29 is 14.8 Å². The second-order valence-corrected chi connectivity index (χ2v) is 1.80. The van der Waals surface area contributed by atoms with Crippen LogP contribution in [0.2, 0.25) is 0 Å². The summed E-state index contributed by atoms with van der Waals surface area (Å²) < 4.78 is 0. The molecule has 7 nitrogen and oxygen atoms in total. The average molecular weight is 173 g/mol. The third kappa shape index (κ3) is 1.58. The van der Waals surface area contributed by atoms with Gasteiger partial charge in [-0.15, -0.1) is 0 Å². The number of aromatic nitrogens is 1. The summed E-state index contributed by atoms with van der Waals surface area (Å²) >= 11 is 0. The number of aromatic amines is 1. The van der Waals surface area contributed by atoms with Crippen LogP contribution < -0.4 is 6.15 Å². The second-order valence-electron chi connectivity index (χ2n) is 1.80. The maximum absolute atomic E-state index is 10.3. The van der Waals surface area contributed by atoms with E-state index >= 15 is 0 Å². The Morgan fingerprint density at radius 3 is 2.58 bits per heavy atom. The van der Waals surface area contributed by atoms with E-state index in [0.717, 1.165) is 6.07 Å². The van der Waals surface area contributed by atoms with Crippen LogP contribution in [0, 0.1) is 10.1 Å². The van der Waals surface area contributed by atoms with Gasteiger partial charge in [0, 0.05) is 12.3 Å². The zero-order valence-electron chi connectivity index (χ0n) is 5.98. The lowest BCUT2D eigenvalue weighted by molar-refractivity contribution is -0.385. The molecule has 0 saturated heterocycles. The lowest BCUT2D eigenvalue weighted by Gasteiger charge is -1.87. The number of carbonyl (C=O) groups is 1. The van der Waals surface area contributed by atoms with Gasteiger partial charge in [-0.25, -0.2) is 4.79 Å². The Hall–Kier alpha value is -1.89. The van der Waals surface area contributed by atoms with Crippen molar-refractivity contribution in [2.75, 3.05) is 0 Å². The second kappa shape index (κ2) is 3.49. The van der Waals surface area contributed by atoms with E-state index in [1.165, 1.54) is 6.20 Å². The number of nitro groups is 1. The highest BCUT2D eigenvalue weighted by Crippen LogP contribution is 2.15. The molecule has 0 aromatic carbocycles. The Labute approximate surface area is 66.7 Å². The number of aromatic carboxylic acids is 1. The zero-order chi connectivity index (χ0) is 8.43. The van der Waals surface area contributed by atoms with Crippen LogP contribution in [0.15, 0.2) is 12.3 Å². The molecule has 66 valence electrons. The van der Waals surface area contributed by atoms with E-state index in [2.05, 4.69) is 4.98 Å². The van der Waals surface area contributed by atoms with Gasteiger partial charge in [0.05, 0.1) is 4.92 Å². The molecule has 1 heterocycles. The Morgan fingerprint density at radius 1 is 1.67 bits per heavy atom. The van der Waals surface area contributed by atoms with Gasteiger partial charge in [-0.3, -0.25) is 10.1 Å². The molecular formula is C5H7N3O4. The van der Waals surface area contributed by atoms with Crippen molar-refractivity contribution in [1.82, 2.24) is 11.1 Å². The molecular weight excluding hydrogens is 166 g/mol. The molecule has 5 N–H and O–H groups in total. The molecule has 0 aliphatic rings. The van der Waals surface area contributed by atoms with Crippen molar-refractivity contribution in [3.05, 3.63) is 28.1 Å². The minimum Gasteiger partial charge on any atom is -0.476 e. The molecule has 1 rings (SSSR count). The van der Waals surface area contributed by atoms with Gasteiger partial charge in [-0.2, -0.15) is 0 Å². The Morgan fingerprint density at radius 2 is 2.25 bits per heavy atom. The number of nitrogens with zero attached hydrogens (tertiary/aromatic N) is 1. The van der Waals surface area contributed by atoms with E-state index in [9.17, 15) is 14.9 Å². The van der Waals surface area contributed by atoms with Gasteiger partial charge in [-0.05, 0) is 0 Å². The molecule has 0 saturated carbocycles. The van der Waals surface area contributed by atoms with Crippen molar-refractivity contribution >= 4 is 11.7 Å². The monoisotopic (exact) mass is 173 g/mol. The summed E-state index contributed by atoms with van der Waals surface area (Å²) in [5.74, 6) is -1.33. The quantitative estimate of drug-likeness (QED) is 0.449. The summed E-state index contributed by atoms with van der Waals surface area (Å²) in [4.78, 5) is 21.9. The molecule has 0 bridgehead atoms. The summed E-state index contributed by atoms with van der Waals surface area (Å²) in [7, 11) is 0. The van der Waals surface area contributed by atoms with Crippen LogP contribution in [0.3, 0.4) is 0 Å². The fraction of sp³-hybridized carbons (Fsp3) is 0. The third-order valence-electron chi connectivity index (χ3n) is 1.14. The van der Waals surface area contributed by atoms with Crippen LogP contribution in [0.1, 0.15) is 10.5 Å². The first-order chi connectivity index (χ1) is 5.13. The number of hydrogen-bond acceptors (Lipinski definition) is 4. The number of carboxylic acid groups (broad SMARTS) is 1. The first kappa shape index (κ1) is 10.1. The molecule has 0 aliphatic heterocycles. The minimum absolute atomic E-state index is 0. The first-order valence-corrected chi connectivity index (χ1v) is 2.68. The van der Waals surface area contributed by atoms with E-state index in [1.807, 2.05) is 0 Å². The summed E-state index contributed by atoms with van der Waals surface area (Å²) in [5, 5.41) is 18.5. The van der Waals surface area contributed by atoms with E-state index in [1.54, 1.807) is 0 Å². The van der Waals surface area contributed by atoms with Gasteiger partial charge < -0.3 is 16.2 Å². The Balaban J connectivity index is 0.00000121. The molecule has 12 heavy (non-hydrogen) atoms. The van der Waals surface area contributed by atoms with Gasteiger partial charge in [0.15, 0.2) is 0 Å². The van der Waals surface area contributed by atoms with Crippen LogP contribution in [-0.4, -0.2) is 21.0 Å². The Kier molecular flexibility index (Phi) is 2.94. The highest BCUT2D eigenvalue weighted by molar-refractivity contribution is 5.90. The maximum atomic E-state index is 10.3. The molecule has 0 atom stereocenters. The molecule has 1 aromatic heterocycles. The molecule has 0 unspecified atom stereocenters. The minimum atomic E-state index is -1.33. The smallest absolute Gasteiger partial charge is 0.359 e. The highest BCUT2D eigenvalue weighted by atomic mass is 16.6. The van der Waals surface area contributed by atoms with Gasteiger partial charge in [0.1, 0.15) is 0 Å². The van der Waals surface area contributed by atoms with Crippen molar-refractivity contribution in [3.8, 4) is 0 Å². The fourth-order valence-corrected chi connectivity index (χ4v) is 0.685. The predicted molar refractivity (Wildman–Crippen MR) is 39.4 cm³/mol. The molecule has 0 fully saturated rings.